The van der Waals surface area contributed by atoms with Gasteiger partial charge in [0.2, 0.25) is 0 Å². The van der Waals surface area contributed by atoms with Gasteiger partial charge in [-0.05, 0) is 37.5 Å². The van der Waals surface area contributed by atoms with Crippen molar-refractivity contribution in [3.63, 3.8) is 0 Å². The van der Waals surface area contributed by atoms with Crippen LogP contribution in [0.5, 0.6) is 0 Å². The molecule has 1 saturated carbocycles. The van der Waals surface area contributed by atoms with Gasteiger partial charge in [-0.2, -0.15) is 13.2 Å². The first-order valence-electron chi connectivity index (χ1n) is 5.56. The van der Waals surface area contributed by atoms with E-state index in [1.807, 2.05) is 0 Å². The van der Waals surface area contributed by atoms with E-state index in [4.69, 9.17) is 5.73 Å². The summed E-state index contributed by atoms with van der Waals surface area (Å²) in [5, 5.41) is 3.07. The highest BCUT2D eigenvalue weighted by Crippen LogP contribution is 2.34. The SMILES string of the molecule is Cc1ccc(NC2CC(N)C2)cc1C(F)(F)F. The third-order valence-electron chi connectivity index (χ3n) is 3.09. The molecule has 0 aliphatic heterocycles. The van der Waals surface area contributed by atoms with Crippen LogP contribution in [0.3, 0.4) is 0 Å². The van der Waals surface area contributed by atoms with E-state index in [0.717, 1.165) is 12.8 Å². The average molecular weight is 244 g/mol. The molecule has 1 fully saturated rings. The minimum Gasteiger partial charge on any atom is -0.382 e. The number of aryl methyl sites for hydroxylation is 1. The molecule has 0 aromatic heterocycles. The van der Waals surface area contributed by atoms with Gasteiger partial charge < -0.3 is 11.1 Å². The van der Waals surface area contributed by atoms with E-state index in [2.05, 4.69) is 5.32 Å². The van der Waals surface area contributed by atoms with Crippen LogP contribution >= 0.6 is 0 Å². The number of nitrogens with two attached hydrogens (primary N) is 1. The van der Waals surface area contributed by atoms with Crippen LogP contribution in [-0.2, 0) is 6.18 Å². The number of halogens is 3. The van der Waals surface area contributed by atoms with Gasteiger partial charge in [-0.1, -0.05) is 6.07 Å². The molecule has 0 unspecified atom stereocenters. The molecule has 94 valence electrons. The lowest BCUT2D eigenvalue weighted by molar-refractivity contribution is -0.138. The Balaban J connectivity index is 2.14. The molecular formula is C12H15F3N2. The minimum atomic E-state index is -4.29. The fraction of sp³-hybridized carbons (Fsp3) is 0.500. The Labute approximate surface area is 98.0 Å². The monoisotopic (exact) mass is 244 g/mol. The summed E-state index contributed by atoms with van der Waals surface area (Å²) in [6.07, 6.45) is -2.66. The first-order valence-corrected chi connectivity index (χ1v) is 5.56. The van der Waals surface area contributed by atoms with E-state index in [1.165, 1.54) is 19.1 Å². The molecule has 1 aromatic carbocycles. The predicted octanol–water partition coefficient (Wildman–Crippen LogP) is 2.92. The second-order valence-corrected chi connectivity index (χ2v) is 4.60. The van der Waals surface area contributed by atoms with Gasteiger partial charge in [0.15, 0.2) is 0 Å². The second-order valence-electron chi connectivity index (χ2n) is 4.60. The number of anilines is 1. The zero-order valence-electron chi connectivity index (χ0n) is 9.51. The van der Waals surface area contributed by atoms with Crippen molar-refractivity contribution in [1.29, 1.82) is 0 Å². The summed E-state index contributed by atoms with van der Waals surface area (Å²) >= 11 is 0. The van der Waals surface area contributed by atoms with Crippen LogP contribution in [0, 0.1) is 6.92 Å². The molecule has 2 nitrogen and oxygen atoms in total. The zero-order chi connectivity index (χ0) is 12.6. The number of nitrogens with one attached hydrogen (secondary N) is 1. The Morgan fingerprint density at radius 2 is 1.94 bits per heavy atom. The number of hydrogen-bond donors (Lipinski definition) is 2. The lowest BCUT2D eigenvalue weighted by Crippen LogP contribution is -2.44. The highest BCUT2D eigenvalue weighted by atomic mass is 19.4. The molecule has 1 aliphatic rings. The van der Waals surface area contributed by atoms with Gasteiger partial charge in [-0.15, -0.1) is 0 Å². The molecule has 2 rings (SSSR count). The van der Waals surface area contributed by atoms with Crippen LogP contribution < -0.4 is 11.1 Å². The summed E-state index contributed by atoms with van der Waals surface area (Å²) in [5.74, 6) is 0. The van der Waals surface area contributed by atoms with Crippen molar-refractivity contribution in [1.82, 2.24) is 0 Å². The summed E-state index contributed by atoms with van der Waals surface area (Å²) < 4.78 is 38.0. The van der Waals surface area contributed by atoms with E-state index in [-0.39, 0.29) is 17.6 Å². The van der Waals surface area contributed by atoms with Crippen molar-refractivity contribution in [2.24, 2.45) is 5.73 Å². The maximum absolute atomic E-state index is 12.7. The van der Waals surface area contributed by atoms with E-state index < -0.39 is 11.7 Å². The molecule has 0 spiro atoms. The van der Waals surface area contributed by atoms with Crippen molar-refractivity contribution in [2.45, 2.75) is 38.0 Å². The molecule has 0 radical (unpaired) electrons. The van der Waals surface area contributed by atoms with Gasteiger partial charge in [-0.3, -0.25) is 0 Å². The number of hydrogen-bond acceptors (Lipinski definition) is 2. The number of alkyl halides is 3. The quantitative estimate of drug-likeness (QED) is 0.839. The molecule has 0 atom stereocenters. The number of benzene rings is 1. The highest BCUT2D eigenvalue weighted by Gasteiger charge is 2.33. The Morgan fingerprint density at radius 1 is 1.29 bits per heavy atom. The van der Waals surface area contributed by atoms with Gasteiger partial charge in [0, 0.05) is 17.8 Å². The molecule has 0 bridgehead atoms. The Kier molecular flexibility index (Phi) is 3.03. The van der Waals surface area contributed by atoms with E-state index in [1.54, 1.807) is 6.07 Å². The summed E-state index contributed by atoms with van der Waals surface area (Å²) in [7, 11) is 0. The van der Waals surface area contributed by atoms with Crippen LogP contribution in [0.1, 0.15) is 24.0 Å². The molecule has 0 amide bonds. The van der Waals surface area contributed by atoms with Crippen molar-refractivity contribution in [2.75, 3.05) is 5.32 Å². The summed E-state index contributed by atoms with van der Waals surface area (Å²) in [6.45, 7) is 1.46. The summed E-state index contributed by atoms with van der Waals surface area (Å²) in [4.78, 5) is 0. The Hall–Kier alpha value is -1.23. The standard InChI is InChI=1S/C12H15F3N2/c1-7-2-3-9(6-11(7)12(13,14)15)17-10-4-8(16)5-10/h2-3,6,8,10,17H,4-5,16H2,1H3. The predicted molar refractivity (Wildman–Crippen MR) is 60.8 cm³/mol. The van der Waals surface area contributed by atoms with Gasteiger partial charge in [-0.25, -0.2) is 0 Å². The molecule has 17 heavy (non-hydrogen) atoms. The molecule has 1 aromatic rings. The van der Waals surface area contributed by atoms with Crippen LogP contribution in [0.25, 0.3) is 0 Å². The van der Waals surface area contributed by atoms with Gasteiger partial charge in [0.05, 0.1) is 5.56 Å². The molecule has 1 aliphatic carbocycles. The molecule has 3 N–H and O–H groups in total. The third-order valence-corrected chi connectivity index (χ3v) is 3.09. The number of rotatable bonds is 2. The first kappa shape index (κ1) is 12.2. The third kappa shape index (κ3) is 2.72. The van der Waals surface area contributed by atoms with Crippen molar-refractivity contribution >= 4 is 5.69 Å². The van der Waals surface area contributed by atoms with Crippen molar-refractivity contribution in [3.8, 4) is 0 Å². The fourth-order valence-corrected chi connectivity index (χ4v) is 2.03. The van der Waals surface area contributed by atoms with E-state index >= 15 is 0 Å². The van der Waals surface area contributed by atoms with Crippen molar-refractivity contribution < 1.29 is 13.2 Å². The van der Waals surface area contributed by atoms with Gasteiger partial charge >= 0.3 is 6.18 Å². The minimum absolute atomic E-state index is 0.181. The van der Waals surface area contributed by atoms with Crippen LogP contribution in [0.2, 0.25) is 0 Å². The van der Waals surface area contributed by atoms with Crippen LogP contribution in [0.4, 0.5) is 18.9 Å². The zero-order valence-corrected chi connectivity index (χ0v) is 9.51. The van der Waals surface area contributed by atoms with Crippen LogP contribution in [-0.4, -0.2) is 12.1 Å². The topological polar surface area (TPSA) is 38.0 Å². The normalized spacial score (nSPS) is 24.3. The largest absolute Gasteiger partial charge is 0.416 e. The van der Waals surface area contributed by atoms with Gasteiger partial charge in [0.1, 0.15) is 0 Å². The van der Waals surface area contributed by atoms with Crippen molar-refractivity contribution in [3.05, 3.63) is 29.3 Å². The molecule has 5 heteroatoms. The van der Waals surface area contributed by atoms with Crippen LogP contribution in [0.15, 0.2) is 18.2 Å². The maximum atomic E-state index is 12.7. The molecule has 0 saturated heterocycles. The Bertz CT molecular complexity index is 409. The lowest BCUT2D eigenvalue weighted by Gasteiger charge is -2.34. The first-order chi connectivity index (χ1) is 7.86. The molecular weight excluding hydrogens is 229 g/mol. The Morgan fingerprint density at radius 3 is 2.47 bits per heavy atom. The summed E-state index contributed by atoms with van der Waals surface area (Å²) in [6, 6.07) is 4.71. The molecule has 0 heterocycles. The lowest BCUT2D eigenvalue weighted by atomic mass is 9.87. The van der Waals surface area contributed by atoms with Gasteiger partial charge in [0.25, 0.3) is 0 Å². The maximum Gasteiger partial charge on any atom is 0.416 e. The summed E-state index contributed by atoms with van der Waals surface area (Å²) in [5.41, 5.74) is 5.81. The fourth-order valence-electron chi connectivity index (χ4n) is 2.03. The second kappa shape index (κ2) is 4.22. The van der Waals surface area contributed by atoms with E-state index in [9.17, 15) is 13.2 Å². The smallest absolute Gasteiger partial charge is 0.382 e. The highest BCUT2D eigenvalue weighted by molar-refractivity contribution is 5.50. The van der Waals surface area contributed by atoms with E-state index in [0.29, 0.717) is 5.69 Å². The average Bonchev–Trinajstić information content (AvgIpc) is 2.16.